The zero-order chi connectivity index (χ0) is 75.2. The highest BCUT2D eigenvalue weighted by atomic mass is 14.8. The third kappa shape index (κ3) is 11.7. The number of aromatic nitrogens is 9. The number of pyridine rings is 9. The highest BCUT2D eigenvalue weighted by molar-refractivity contribution is 6.22. The largest absolute Gasteiger partial charge is 0.255 e. The molecule has 9 heteroatoms. The minimum atomic E-state index is 0.852. The lowest BCUT2D eigenvalue weighted by Crippen LogP contribution is -1.95. The predicted molar refractivity (Wildman–Crippen MR) is 472 cm³/mol. The highest BCUT2D eigenvalue weighted by Gasteiger charge is 2.21. The lowest BCUT2D eigenvalue weighted by atomic mass is 9.88. The van der Waals surface area contributed by atoms with Crippen LogP contribution in [0.25, 0.3) is 231 Å². The van der Waals surface area contributed by atoms with E-state index in [9.17, 15) is 0 Å². The second-order valence-corrected chi connectivity index (χ2v) is 29.1. The van der Waals surface area contributed by atoms with Crippen molar-refractivity contribution in [2.24, 2.45) is 0 Å². The Labute approximate surface area is 654 Å². The molecule has 0 atom stereocenters. The molecule has 0 radical (unpaired) electrons. The van der Waals surface area contributed by atoms with Gasteiger partial charge in [0.05, 0.1) is 89.7 Å². The van der Waals surface area contributed by atoms with Gasteiger partial charge in [0, 0.05) is 88.9 Å². The summed E-state index contributed by atoms with van der Waals surface area (Å²) in [5, 5.41) is 18.2. The first-order valence-electron chi connectivity index (χ1n) is 38.4. The predicted octanol–water partition coefficient (Wildman–Crippen LogP) is 26.8. The van der Waals surface area contributed by atoms with Gasteiger partial charge in [0.25, 0.3) is 0 Å². The summed E-state index contributed by atoms with van der Waals surface area (Å²) in [6.07, 6.45) is 3.64. The molecule has 14 aromatic carbocycles. The second-order valence-electron chi connectivity index (χ2n) is 29.1. The van der Waals surface area contributed by atoms with Gasteiger partial charge in [0.2, 0.25) is 0 Å². The molecule has 528 valence electrons. The quantitative estimate of drug-likeness (QED) is 0.103. The summed E-state index contributed by atoms with van der Waals surface area (Å²) in [6, 6.07) is 130. The Balaban J connectivity index is 0.000000141. The summed E-state index contributed by atoms with van der Waals surface area (Å²) in [5.41, 5.74) is 25.6. The van der Waals surface area contributed by atoms with Gasteiger partial charge in [0.1, 0.15) is 0 Å². The number of hydrogen-bond donors (Lipinski definition) is 0. The van der Waals surface area contributed by atoms with Crippen molar-refractivity contribution in [2.75, 3.05) is 0 Å². The smallest absolute Gasteiger partial charge is 0.0972 e. The lowest BCUT2D eigenvalue weighted by Gasteiger charge is -2.17. The molecule has 23 aromatic rings. The Kier molecular flexibility index (Phi) is 15.7. The van der Waals surface area contributed by atoms with E-state index in [1.165, 1.54) is 27.1 Å². The van der Waals surface area contributed by atoms with Crippen LogP contribution in [-0.2, 0) is 0 Å². The fourth-order valence-corrected chi connectivity index (χ4v) is 16.6. The van der Waals surface area contributed by atoms with E-state index in [0.29, 0.717) is 0 Å². The van der Waals surface area contributed by atoms with Crippen LogP contribution in [0.4, 0.5) is 0 Å². The third-order valence-corrected chi connectivity index (χ3v) is 22.3. The van der Waals surface area contributed by atoms with Gasteiger partial charge in [0.15, 0.2) is 0 Å². The van der Waals surface area contributed by atoms with Crippen LogP contribution in [-0.4, -0.2) is 44.9 Å². The number of hydrogen-bond acceptors (Lipinski definition) is 9. The monoisotopic (exact) mass is 1450 g/mol. The van der Waals surface area contributed by atoms with Crippen LogP contribution in [0.2, 0.25) is 0 Å². The average Bonchev–Trinajstić information content (AvgIpc) is 0.725. The number of nitrogens with zero attached hydrogens (tertiary/aromatic N) is 9. The zero-order valence-corrected chi connectivity index (χ0v) is 61.4. The number of benzene rings is 14. The molecule has 9 heterocycles. The maximum Gasteiger partial charge on any atom is 0.0972 e. The molecule has 9 aromatic heterocycles. The third-order valence-electron chi connectivity index (χ3n) is 22.3. The molecule has 0 N–H and O–H groups in total. The molecule has 0 saturated carbocycles. The summed E-state index contributed by atoms with van der Waals surface area (Å²) in [4.78, 5) is 45.6. The molecule has 0 spiro atoms. The SMILES string of the molecule is c1ccc(-c2ccc3ccc4ccc(-c5cccc(-c6ccc7ccc(-c8ccc9ccc(-c%10ccccn%10)nc9c8)nc7c6)c5)nc4c3n2)cc1.c1ccc2c(c1)cc(-c1ccc3ccc(-c4ccc5ccc(-c6c7ccccc7c(-c7ccc8ccc9cccnc9c8n7)c7ccccc67)nc5c4)nc3c1)c1ccccc12. The molecule has 0 bridgehead atoms. The van der Waals surface area contributed by atoms with Crippen molar-refractivity contribution in [1.82, 2.24) is 44.9 Å². The molecule has 0 amide bonds. The Hall–Kier alpha value is -15.5. The number of rotatable bonds is 9. The molecule has 9 nitrogen and oxygen atoms in total. The van der Waals surface area contributed by atoms with Gasteiger partial charge in [-0.05, 0) is 162 Å². The second kappa shape index (κ2) is 27.3. The first kappa shape index (κ1) is 65.6. The summed E-state index contributed by atoms with van der Waals surface area (Å²) in [5.74, 6) is 0. The Morgan fingerprint density at radius 2 is 0.500 bits per heavy atom. The van der Waals surface area contributed by atoms with Gasteiger partial charge in [-0.2, -0.15) is 0 Å². The summed E-state index contributed by atoms with van der Waals surface area (Å²) >= 11 is 0. The van der Waals surface area contributed by atoms with E-state index >= 15 is 0 Å². The van der Waals surface area contributed by atoms with Gasteiger partial charge in [-0.1, -0.05) is 273 Å². The van der Waals surface area contributed by atoms with Crippen molar-refractivity contribution in [3.8, 4) is 101 Å². The van der Waals surface area contributed by atoms with Crippen molar-refractivity contribution in [3.63, 3.8) is 0 Å². The fourth-order valence-electron chi connectivity index (χ4n) is 16.6. The van der Waals surface area contributed by atoms with E-state index in [1.54, 1.807) is 6.20 Å². The molecule has 0 aliphatic rings. The minimum Gasteiger partial charge on any atom is -0.255 e. The van der Waals surface area contributed by atoms with Crippen LogP contribution in [0.1, 0.15) is 0 Å². The van der Waals surface area contributed by atoms with E-state index in [1.807, 2.05) is 54.7 Å². The van der Waals surface area contributed by atoms with E-state index < -0.39 is 0 Å². The van der Waals surface area contributed by atoms with Crippen LogP contribution < -0.4 is 0 Å². The van der Waals surface area contributed by atoms with Crippen molar-refractivity contribution in [1.29, 1.82) is 0 Å². The Morgan fingerprint density at radius 1 is 0.149 bits per heavy atom. The zero-order valence-electron chi connectivity index (χ0n) is 61.4. The van der Waals surface area contributed by atoms with Gasteiger partial charge in [-0.3, -0.25) is 9.97 Å². The standard InChI is InChI=1S/C58H34N4.C47H29N5/c1-2-12-42-39(10-1)32-49(44-14-4-3-13-43(42)44)40-23-19-35-25-28-50(60-53(35)33-40)41-24-20-36-26-29-51(61-54(36)34-41)55-45-15-5-7-17-47(45)56(48-18-8-6-16-46(48)55)52-30-27-38-22-21-37-11-9-31-59-57(37)58(38)62-52;1-2-7-30(8-3-1)39-23-20-33-14-15-34-21-24-41(52-47(34)46(33)51-39)37-10-6-9-35(27-37)36-16-12-31-18-22-40(49-44(31)28-36)38-17-13-32-19-25-43(50-45(32)29-38)42-11-4-5-26-48-42/h1-34H;1-29H. The van der Waals surface area contributed by atoms with Crippen LogP contribution in [0.5, 0.6) is 0 Å². The van der Waals surface area contributed by atoms with E-state index in [4.69, 9.17) is 39.9 Å². The van der Waals surface area contributed by atoms with E-state index in [-0.39, 0.29) is 0 Å². The Morgan fingerprint density at radius 3 is 1.09 bits per heavy atom. The molecule has 0 aliphatic heterocycles. The maximum absolute atomic E-state index is 5.43. The first-order valence-corrected chi connectivity index (χ1v) is 38.4. The Bertz CT molecular complexity index is 7830. The topological polar surface area (TPSA) is 116 Å². The van der Waals surface area contributed by atoms with Crippen molar-refractivity contribution >= 4 is 130 Å². The van der Waals surface area contributed by atoms with E-state index in [0.717, 1.165) is 204 Å². The van der Waals surface area contributed by atoms with Crippen molar-refractivity contribution in [3.05, 3.63) is 382 Å². The van der Waals surface area contributed by atoms with Crippen LogP contribution in [0.3, 0.4) is 0 Å². The van der Waals surface area contributed by atoms with Crippen LogP contribution >= 0.6 is 0 Å². The van der Waals surface area contributed by atoms with Crippen molar-refractivity contribution < 1.29 is 0 Å². The van der Waals surface area contributed by atoms with Gasteiger partial charge in [-0.25, -0.2) is 34.9 Å². The molecule has 0 fully saturated rings. The normalized spacial score (nSPS) is 11.7. The summed E-state index contributed by atoms with van der Waals surface area (Å²) in [7, 11) is 0. The average molecular weight is 1450 g/mol. The number of fused-ring (bicyclic) bond motifs is 15. The first-order chi connectivity index (χ1) is 56.4. The molecule has 0 unspecified atom stereocenters. The molecule has 0 saturated heterocycles. The van der Waals surface area contributed by atoms with Crippen LogP contribution in [0, 0.1) is 0 Å². The lowest BCUT2D eigenvalue weighted by molar-refractivity contribution is 1.28. The van der Waals surface area contributed by atoms with Crippen molar-refractivity contribution in [2.45, 2.75) is 0 Å². The molecule has 23 rings (SSSR count). The summed E-state index contributed by atoms with van der Waals surface area (Å²) < 4.78 is 0. The van der Waals surface area contributed by atoms with Gasteiger partial charge in [-0.15, -0.1) is 0 Å². The van der Waals surface area contributed by atoms with E-state index in [2.05, 4.69) is 327 Å². The molecular formula is C105H63N9. The minimum absolute atomic E-state index is 0.852. The fraction of sp³-hybridized carbons (Fsp3) is 0. The van der Waals surface area contributed by atoms with Crippen LogP contribution in [0.15, 0.2) is 382 Å². The van der Waals surface area contributed by atoms with Gasteiger partial charge < -0.3 is 0 Å². The highest BCUT2D eigenvalue weighted by Crippen LogP contribution is 2.45. The molecular weight excluding hydrogens is 1390 g/mol. The summed E-state index contributed by atoms with van der Waals surface area (Å²) in [6.45, 7) is 0. The van der Waals surface area contributed by atoms with Gasteiger partial charge >= 0.3 is 0 Å². The molecule has 0 aliphatic carbocycles. The molecule has 114 heavy (non-hydrogen) atoms. The maximum atomic E-state index is 5.43.